The number of amides is 2. The summed E-state index contributed by atoms with van der Waals surface area (Å²) in [5, 5.41) is 0.975. The summed E-state index contributed by atoms with van der Waals surface area (Å²) >= 11 is 39.8. The Hall–Kier alpha value is 0.540. The molecule has 5 nitrogen and oxygen atoms in total. The topological polar surface area (TPSA) is 55.8 Å². The first-order valence-electron chi connectivity index (χ1n) is 8.54. The second kappa shape index (κ2) is 5.61. The third kappa shape index (κ3) is 1.79. The molecule has 1 saturated carbocycles. The van der Waals surface area contributed by atoms with Gasteiger partial charge in [0.1, 0.15) is 9.75 Å². The van der Waals surface area contributed by atoms with Crippen molar-refractivity contribution in [2.24, 2.45) is 23.7 Å². The van der Waals surface area contributed by atoms with Crippen molar-refractivity contribution in [2.75, 3.05) is 6.61 Å². The largest absolute Gasteiger partial charge is 0.373 e. The maximum Gasteiger partial charge on any atom is 0.260 e. The summed E-state index contributed by atoms with van der Waals surface area (Å²) in [5.74, 6) is -3.48. The molecule has 3 aliphatic heterocycles. The second-order valence-corrected chi connectivity index (χ2v) is 10.9. The second-order valence-electron chi connectivity index (χ2n) is 7.60. The minimum Gasteiger partial charge on any atom is -0.373 e. The van der Waals surface area contributed by atoms with E-state index in [0.29, 0.717) is 6.42 Å². The van der Waals surface area contributed by atoms with Crippen LogP contribution in [0.1, 0.15) is 13.3 Å². The summed E-state index contributed by atoms with van der Waals surface area (Å²) < 4.78 is 4.33. The number of nitrogens with zero attached hydrogens (tertiary/aromatic N) is 1. The number of ether oxygens (including phenoxy) is 1. The Bertz CT molecular complexity index is 761. The monoisotopic (exact) mass is 493 g/mol. The van der Waals surface area contributed by atoms with E-state index in [1.54, 1.807) is 0 Å². The van der Waals surface area contributed by atoms with Gasteiger partial charge in [-0.3, -0.25) is 14.4 Å². The SMILES string of the molecule is CCCON1C(=O)[C@@H]2[C@H]3O[C@@H]([C@@H]2C1=O)[C@H]1[C@H]3[C@@]2(Cl)C(Cl)=C(Cl)[C@@]1(Cl)C2(Cl)Cl. The molecule has 0 aromatic heterocycles. The number of carbonyl (C=O) groups excluding carboxylic acids is 2. The molecule has 4 bridgehead atoms. The molecule has 27 heavy (non-hydrogen) atoms. The van der Waals surface area contributed by atoms with Gasteiger partial charge in [-0.15, -0.1) is 23.2 Å². The van der Waals surface area contributed by atoms with Crippen LogP contribution < -0.4 is 0 Å². The molecule has 11 heteroatoms. The van der Waals surface area contributed by atoms with Crippen LogP contribution in [-0.4, -0.2) is 49.8 Å². The fourth-order valence-electron chi connectivity index (χ4n) is 5.58. The summed E-state index contributed by atoms with van der Waals surface area (Å²) in [5.41, 5.74) is 0. The molecule has 5 rings (SSSR count). The van der Waals surface area contributed by atoms with E-state index in [-0.39, 0.29) is 16.7 Å². The fourth-order valence-corrected chi connectivity index (χ4v) is 8.64. The number of allylic oxidation sites excluding steroid dienone is 2. The highest BCUT2D eigenvalue weighted by atomic mass is 35.5. The Morgan fingerprint density at radius 2 is 1.41 bits per heavy atom. The van der Waals surface area contributed by atoms with E-state index in [9.17, 15) is 9.59 Å². The summed E-state index contributed by atoms with van der Waals surface area (Å²) in [6.45, 7) is 2.13. The smallest absolute Gasteiger partial charge is 0.260 e. The highest BCUT2D eigenvalue weighted by Crippen LogP contribution is 2.81. The minimum atomic E-state index is -1.71. The van der Waals surface area contributed by atoms with Gasteiger partial charge >= 0.3 is 0 Å². The third-order valence-electron chi connectivity index (χ3n) is 6.56. The van der Waals surface area contributed by atoms with Gasteiger partial charge in [0, 0.05) is 11.8 Å². The molecule has 148 valence electrons. The highest BCUT2D eigenvalue weighted by Gasteiger charge is 2.90. The number of imide groups is 1. The zero-order valence-corrected chi connectivity index (χ0v) is 18.3. The molecule has 0 aromatic rings. The van der Waals surface area contributed by atoms with Gasteiger partial charge in [-0.2, -0.15) is 5.06 Å². The van der Waals surface area contributed by atoms with E-state index in [2.05, 4.69) is 0 Å². The van der Waals surface area contributed by atoms with E-state index in [4.69, 9.17) is 79.2 Å². The van der Waals surface area contributed by atoms with Crippen LogP contribution in [0, 0.1) is 23.7 Å². The van der Waals surface area contributed by atoms with Gasteiger partial charge in [0.05, 0.1) is 40.7 Å². The molecular formula is C16H13Cl6NO4. The van der Waals surface area contributed by atoms with Crippen molar-refractivity contribution in [3.05, 3.63) is 10.1 Å². The molecule has 0 N–H and O–H groups in total. The van der Waals surface area contributed by atoms with Crippen LogP contribution in [0.15, 0.2) is 10.1 Å². The van der Waals surface area contributed by atoms with E-state index in [1.165, 1.54) is 0 Å². The van der Waals surface area contributed by atoms with Crippen molar-refractivity contribution in [1.82, 2.24) is 5.06 Å². The van der Waals surface area contributed by atoms with Crippen LogP contribution in [0.5, 0.6) is 0 Å². The Morgan fingerprint density at radius 3 is 1.81 bits per heavy atom. The van der Waals surface area contributed by atoms with E-state index in [1.807, 2.05) is 6.92 Å². The molecule has 0 radical (unpaired) electrons. The van der Waals surface area contributed by atoms with Crippen molar-refractivity contribution in [3.63, 3.8) is 0 Å². The number of carbonyl (C=O) groups is 2. The molecule has 0 unspecified atom stereocenters. The quantitative estimate of drug-likeness (QED) is 0.441. The van der Waals surface area contributed by atoms with Gasteiger partial charge in [0.2, 0.25) is 0 Å². The van der Waals surface area contributed by atoms with Crippen LogP contribution in [0.2, 0.25) is 0 Å². The average molecular weight is 496 g/mol. The van der Waals surface area contributed by atoms with Crippen LogP contribution in [0.3, 0.4) is 0 Å². The van der Waals surface area contributed by atoms with Gasteiger partial charge < -0.3 is 4.74 Å². The summed E-state index contributed by atoms with van der Waals surface area (Å²) in [6.07, 6.45) is -0.748. The zero-order chi connectivity index (χ0) is 19.7. The van der Waals surface area contributed by atoms with Crippen LogP contribution in [0.25, 0.3) is 0 Å². The Morgan fingerprint density at radius 1 is 0.963 bits per heavy atom. The zero-order valence-electron chi connectivity index (χ0n) is 13.7. The lowest BCUT2D eigenvalue weighted by Gasteiger charge is -2.39. The van der Waals surface area contributed by atoms with Crippen LogP contribution in [0.4, 0.5) is 0 Å². The molecule has 0 spiro atoms. The highest BCUT2D eigenvalue weighted by molar-refractivity contribution is 6.65. The van der Waals surface area contributed by atoms with E-state index in [0.717, 1.165) is 5.06 Å². The molecule has 2 aliphatic carbocycles. The van der Waals surface area contributed by atoms with Crippen molar-refractivity contribution in [3.8, 4) is 0 Å². The Labute approximate surface area is 185 Å². The lowest BCUT2D eigenvalue weighted by molar-refractivity contribution is -0.192. The molecule has 3 saturated heterocycles. The molecule has 5 aliphatic rings. The van der Waals surface area contributed by atoms with Gasteiger partial charge in [0.15, 0.2) is 4.33 Å². The molecule has 3 heterocycles. The van der Waals surface area contributed by atoms with Crippen LogP contribution >= 0.6 is 69.6 Å². The standard InChI is InChI=1S/C16H13Cl6NO4/c1-2-3-26-23-12(24)4-5(13(23)25)9-7-6(8(4)27-9)14(19)10(17)11(18)15(7,20)16(14,21)22/h4-9H,2-3H2,1H3/t4-,5+,6-,7-,8+,9-,14-,15-/m1/s1. The predicted molar refractivity (Wildman–Crippen MR) is 101 cm³/mol. The summed E-state index contributed by atoms with van der Waals surface area (Å²) in [4.78, 5) is 28.1. The number of halogens is 6. The maximum atomic E-state index is 12.9. The maximum absolute atomic E-state index is 12.9. The first-order valence-corrected chi connectivity index (χ1v) is 10.8. The number of hydrogen-bond donors (Lipinski definition) is 0. The van der Waals surface area contributed by atoms with Gasteiger partial charge in [0.25, 0.3) is 11.8 Å². The first kappa shape index (κ1) is 19.5. The summed E-state index contributed by atoms with van der Waals surface area (Å²) in [6, 6.07) is 0. The van der Waals surface area contributed by atoms with Crippen molar-refractivity contribution in [1.29, 1.82) is 0 Å². The third-order valence-corrected chi connectivity index (χ3v) is 10.9. The lowest BCUT2D eigenvalue weighted by atomic mass is 9.65. The summed E-state index contributed by atoms with van der Waals surface area (Å²) in [7, 11) is 0. The number of fused-ring (bicyclic) bond motifs is 12. The van der Waals surface area contributed by atoms with E-state index < -0.39 is 61.8 Å². The molecule has 0 aromatic carbocycles. The molecule has 2 amide bonds. The van der Waals surface area contributed by atoms with Crippen molar-refractivity contribution >= 4 is 81.4 Å². The Kier molecular flexibility index (Phi) is 4.05. The number of hydrogen-bond acceptors (Lipinski definition) is 4. The number of hydroxylamine groups is 2. The Balaban J connectivity index is 1.61. The lowest BCUT2D eigenvalue weighted by Crippen LogP contribution is -2.50. The van der Waals surface area contributed by atoms with Crippen molar-refractivity contribution in [2.45, 2.75) is 39.6 Å². The van der Waals surface area contributed by atoms with Gasteiger partial charge in [-0.25, -0.2) is 0 Å². The predicted octanol–water partition coefficient (Wildman–Crippen LogP) is 3.79. The van der Waals surface area contributed by atoms with Crippen molar-refractivity contribution < 1.29 is 19.2 Å². The number of alkyl halides is 4. The van der Waals surface area contributed by atoms with Gasteiger partial charge in [-0.1, -0.05) is 53.3 Å². The average Bonchev–Trinajstić information content (AvgIpc) is 3.31. The molecule has 8 atom stereocenters. The first-order chi connectivity index (χ1) is 12.6. The minimum absolute atomic E-state index is 0.0654. The van der Waals surface area contributed by atoms with E-state index >= 15 is 0 Å². The molecular weight excluding hydrogens is 483 g/mol. The number of rotatable bonds is 3. The van der Waals surface area contributed by atoms with Crippen LogP contribution in [-0.2, 0) is 19.2 Å². The fraction of sp³-hybridized carbons (Fsp3) is 0.750. The van der Waals surface area contributed by atoms with Gasteiger partial charge in [-0.05, 0) is 6.42 Å². The normalized spacial score (nSPS) is 51.6. The molecule has 4 fully saturated rings.